The van der Waals surface area contributed by atoms with E-state index in [1.54, 1.807) is 29.7 Å². The number of hydrogen-bond acceptors (Lipinski definition) is 4. The standard InChI is InChI=1S/C25H23N3OS/c1-3-8-22-28-23(19-12-7-9-17(2)15-19)24(30-22)20-13-14-26-21(16-20)27-25(29)18-10-5-4-6-11-18/h4-7,9-16H,3,8H2,1-2H3,(H,26,27,29). The Kier molecular flexibility index (Phi) is 6.00. The Morgan fingerprint density at radius 3 is 2.60 bits per heavy atom. The minimum atomic E-state index is -0.171. The number of nitrogens with one attached hydrogen (secondary N) is 1. The number of anilines is 1. The summed E-state index contributed by atoms with van der Waals surface area (Å²) in [6, 6.07) is 21.5. The largest absolute Gasteiger partial charge is 0.307 e. The number of carbonyl (C=O) groups excluding carboxylic acids is 1. The van der Waals surface area contributed by atoms with Crippen LogP contribution >= 0.6 is 11.3 Å². The van der Waals surface area contributed by atoms with Gasteiger partial charge in [0.05, 0.1) is 15.6 Å². The highest BCUT2D eigenvalue weighted by Crippen LogP contribution is 2.38. The summed E-state index contributed by atoms with van der Waals surface area (Å²) >= 11 is 1.71. The molecule has 4 nitrogen and oxygen atoms in total. The van der Waals surface area contributed by atoms with Gasteiger partial charge in [-0.25, -0.2) is 9.97 Å². The van der Waals surface area contributed by atoms with E-state index in [-0.39, 0.29) is 5.91 Å². The monoisotopic (exact) mass is 413 g/mol. The van der Waals surface area contributed by atoms with Crippen molar-refractivity contribution in [3.8, 4) is 21.7 Å². The zero-order valence-corrected chi connectivity index (χ0v) is 17.9. The lowest BCUT2D eigenvalue weighted by Crippen LogP contribution is -2.12. The van der Waals surface area contributed by atoms with E-state index in [2.05, 4.69) is 48.4 Å². The zero-order chi connectivity index (χ0) is 20.9. The van der Waals surface area contributed by atoms with Gasteiger partial charge in [-0.1, -0.05) is 48.9 Å². The van der Waals surface area contributed by atoms with E-state index >= 15 is 0 Å². The highest BCUT2D eigenvalue weighted by Gasteiger charge is 2.16. The fraction of sp³-hybridized carbons (Fsp3) is 0.160. The molecule has 0 unspecified atom stereocenters. The molecule has 30 heavy (non-hydrogen) atoms. The van der Waals surface area contributed by atoms with Gasteiger partial charge in [0.1, 0.15) is 5.82 Å². The van der Waals surface area contributed by atoms with Crippen LogP contribution in [0.5, 0.6) is 0 Å². The third-order valence-electron chi connectivity index (χ3n) is 4.73. The summed E-state index contributed by atoms with van der Waals surface area (Å²) in [6.45, 7) is 4.25. The molecule has 2 heterocycles. The summed E-state index contributed by atoms with van der Waals surface area (Å²) in [7, 11) is 0. The summed E-state index contributed by atoms with van der Waals surface area (Å²) in [5.41, 5.74) is 4.90. The van der Waals surface area contributed by atoms with Crippen molar-refractivity contribution in [2.24, 2.45) is 0 Å². The first kappa shape index (κ1) is 20.0. The number of benzene rings is 2. The second kappa shape index (κ2) is 9.01. The number of hydrogen-bond donors (Lipinski definition) is 1. The molecule has 0 aliphatic carbocycles. The van der Waals surface area contributed by atoms with Crippen LogP contribution in [-0.4, -0.2) is 15.9 Å². The highest BCUT2D eigenvalue weighted by molar-refractivity contribution is 7.15. The number of carbonyl (C=O) groups is 1. The zero-order valence-electron chi connectivity index (χ0n) is 17.1. The Bertz CT molecular complexity index is 1170. The van der Waals surface area contributed by atoms with Crippen molar-refractivity contribution in [3.63, 3.8) is 0 Å². The van der Waals surface area contributed by atoms with Gasteiger partial charge in [0.2, 0.25) is 0 Å². The molecule has 0 aliphatic rings. The molecule has 0 radical (unpaired) electrons. The molecule has 2 aromatic carbocycles. The Labute approximate surface area is 180 Å². The number of amides is 1. The number of rotatable bonds is 6. The Morgan fingerprint density at radius 1 is 1.00 bits per heavy atom. The average molecular weight is 414 g/mol. The van der Waals surface area contributed by atoms with Crippen molar-refractivity contribution in [3.05, 3.63) is 89.1 Å². The van der Waals surface area contributed by atoms with Crippen LogP contribution in [-0.2, 0) is 6.42 Å². The van der Waals surface area contributed by atoms with Crippen LogP contribution in [0.1, 0.15) is 34.3 Å². The lowest BCUT2D eigenvalue weighted by atomic mass is 10.1. The van der Waals surface area contributed by atoms with Crippen molar-refractivity contribution in [2.45, 2.75) is 26.7 Å². The molecule has 150 valence electrons. The SMILES string of the molecule is CCCc1nc(-c2cccc(C)c2)c(-c2ccnc(NC(=O)c3ccccc3)c2)s1. The van der Waals surface area contributed by atoms with Crippen LogP contribution in [0, 0.1) is 6.92 Å². The Hall–Kier alpha value is -3.31. The van der Waals surface area contributed by atoms with Gasteiger partial charge in [0.15, 0.2) is 0 Å². The summed E-state index contributed by atoms with van der Waals surface area (Å²) in [6.07, 6.45) is 3.73. The maximum absolute atomic E-state index is 12.5. The number of nitrogens with zero attached hydrogens (tertiary/aromatic N) is 2. The number of pyridine rings is 1. The summed E-state index contributed by atoms with van der Waals surface area (Å²) < 4.78 is 0. The summed E-state index contributed by atoms with van der Waals surface area (Å²) in [5.74, 6) is 0.358. The smallest absolute Gasteiger partial charge is 0.256 e. The Morgan fingerprint density at radius 2 is 1.83 bits per heavy atom. The van der Waals surface area contributed by atoms with Crippen molar-refractivity contribution in [1.29, 1.82) is 0 Å². The molecular weight excluding hydrogens is 390 g/mol. The second-order valence-electron chi connectivity index (χ2n) is 7.15. The van der Waals surface area contributed by atoms with Crippen LogP contribution < -0.4 is 5.32 Å². The summed E-state index contributed by atoms with van der Waals surface area (Å²) in [5, 5.41) is 4.02. The normalized spacial score (nSPS) is 10.7. The van der Waals surface area contributed by atoms with E-state index in [1.165, 1.54) is 5.56 Å². The fourth-order valence-electron chi connectivity index (χ4n) is 3.29. The minimum absolute atomic E-state index is 0.171. The van der Waals surface area contributed by atoms with E-state index in [4.69, 9.17) is 4.98 Å². The van der Waals surface area contributed by atoms with E-state index in [9.17, 15) is 4.79 Å². The van der Waals surface area contributed by atoms with Gasteiger partial charge in [0.25, 0.3) is 5.91 Å². The number of thiazole rings is 1. The predicted octanol–water partition coefficient (Wildman–Crippen LogP) is 6.39. The van der Waals surface area contributed by atoms with Gasteiger partial charge in [-0.3, -0.25) is 4.79 Å². The van der Waals surface area contributed by atoms with E-state index in [1.807, 2.05) is 30.3 Å². The second-order valence-corrected chi connectivity index (χ2v) is 8.24. The first-order valence-electron chi connectivity index (χ1n) is 10.0. The number of aromatic nitrogens is 2. The topological polar surface area (TPSA) is 54.9 Å². The fourth-order valence-corrected chi connectivity index (χ4v) is 4.47. The highest BCUT2D eigenvalue weighted by atomic mass is 32.1. The van der Waals surface area contributed by atoms with Gasteiger partial charge < -0.3 is 5.32 Å². The molecule has 0 atom stereocenters. The van der Waals surface area contributed by atoms with Crippen LogP contribution in [0.3, 0.4) is 0 Å². The molecule has 4 rings (SSSR count). The van der Waals surface area contributed by atoms with Gasteiger partial charge in [-0.05, 0) is 55.7 Å². The molecule has 1 amide bonds. The third-order valence-corrected chi connectivity index (χ3v) is 5.89. The van der Waals surface area contributed by atoms with E-state index in [0.717, 1.165) is 39.5 Å². The molecule has 5 heteroatoms. The maximum atomic E-state index is 12.5. The molecule has 0 fully saturated rings. The van der Waals surface area contributed by atoms with Crippen molar-refractivity contribution in [1.82, 2.24) is 9.97 Å². The van der Waals surface area contributed by atoms with Gasteiger partial charge in [0, 0.05) is 17.3 Å². The third kappa shape index (κ3) is 4.47. The van der Waals surface area contributed by atoms with Crippen LogP contribution in [0.15, 0.2) is 72.9 Å². The quantitative estimate of drug-likeness (QED) is 0.399. The molecule has 1 N–H and O–H groups in total. The van der Waals surface area contributed by atoms with Crippen LogP contribution in [0.25, 0.3) is 21.7 Å². The minimum Gasteiger partial charge on any atom is -0.307 e. The first-order valence-corrected chi connectivity index (χ1v) is 10.8. The molecule has 0 saturated carbocycles. The van der Waals surface area contributed by atoms with Crippen molar-refractivity contribution >= 4 is 23.1 Å². The number of aryl methyl sites for hydroxylation is 2. The average Bonchev–Trinajstić information content (AvgIpc) is 3.19. The molecule has 0 spiro atoms. The van der Waals surface area contributed by atoms with E-state index < -0.39 is 0 Å². The summed E-state index contributed by atoms with van der Waals surface area (Å²) in [4.78, 5) is 22.9. The van der Waals surface area contributed by atoms with Crippen LogP contribution in [0.2, 0.25) is 0 Å². The van der Waals surface area contributed by atoms with Gasteiger partial charge >= 0.3 is 0 Å². The van der Waals surface area contributed by atoms with Crippen molar-refractivity contribution in [2.75, 3.05) is 5.32 Å². The molecule has 0 aliphatic heterocycles. The molecule has 2 aromatic heterocycles. The lowest BCUT2D eigenvalue weighted by Gasteiger charge is -2.07. The molecule has 0 saturated heterocycles. The van der Waals surface area contributed by atoms with E-state index in [0.29, 0.717) is 11.4 Å². The predicted molar refractivity (Wildman–Crippen MR) is 124 cm³/mol. The van der Waals surface area contributed by atoms with Gasteiger partial charge in [-0.2, -0.15) is 0 Å². The first-order chi connectivity index (χ1) is 14.6. The van der Waals surface area contributed by atoms with Crippen molar-refractivity contribution < 1.29 is 4.79 Å². The van der Waals surface area contributed by atoms with Crippen LogP contribution in [0.4, 0.5) is 5.82 Å². The molecular formula is C25H23N3OS. The Balaban J connectivity index is 1.70. The molecule has 4 aromatic rings. The lowest BCUT2D eigenvalue weighted by molar-refractivity contribution is 0.102. The van der Waals surface area contributed by atoms with Gasteiger partial charge in [-0.15, -0.1) is 11.3 Å². The maximum Gasteiger partial charge on any atom is 0.256 e. The molecule has 0 bridgehead atoms.